The van der Waals surface area contributed by atoms with Gasteiger partial charge in [0.1, 0.15) is 5.75 Å². The molecule has 1 saturated carbocycles. The van der Waals surface area contributed by atoms with E-state index < -0.39 is 18.0 Å². The third-order valence-electron chi connectivity index (χ3n) is 9.65. The van der Waals surface area contributed by atoms with Gasteiger partial charge in [0.2, 0.25) is 5.78 Å². The molecule has 212 valence electrons. The fraction of sp³-hybridized carbons (Fsp3) is 0.424. The number of ketones is 1. The molecule has 2 fully saturated rings. The smallest absolute Gasteiger partial charge is 0.387 e. The van der Waals surface area contributed by atoms with Crippen LogP contribution in [0.2, 0.25) is 0 Å². The molecule has 4 aliphatic rings. The summed E-state index contributed by atoms with van der Waals surface area (Å²) in [7, 11) is 0. The van der Waals surface area contributed by atoms with Crippen LogP contribution in [-0.2, 0) is 12.8 Å². The van der Waals surface area contributed by atoms with E-state index in [9.17, 15) is 18.7 Å². The Hall–Kier alpha value is -3.65. The van der Waals surface area contributed by atoms with E-state index in [0.717, 1.165) is 59.3 Å². The lowest BCUT2D eigenvalue weighted by Gasteiger charge is -2.41. The second-order valence-electron chi connectivity index (χ2n) is 12.5. The summed E-state index contributed by atoms with van der Waals surface area (Å²) in [5.74, 6) is -0.116. The number of halogens is 2. The largest absolute Gasteiger partial charge is 0.434 e. The normalized spacial score (nSPS) is 27.8. The van der Waals surface area contributed by atoms with Crippen LogP contribution in [0.4, 0.5) is 14.5 Å². The molecule has 2 bridgehead atoms. The molecule has 0 spiro atoms. The predicted octanol–water partition coefficient (Wildman–Crippen LogP) is 6.46. The molecule has 2 aromatic carbocycles. The number of pyridine rings is 1. The summed E-state index contributed by atoms with van der Waals surface area (Å²) in [4.78, 5) is 20.3. The highest BCUT2D eigenvalue weighted by Gasteiger charge is 2.52. The van der Waals surface area contributed by atoms with Crippen molar-refractivity contribution in [2.45, 2.75) is 76.7 Å². The zero-order valence-corrected chi connectivity index (χ0v) is 23.2. The SMILES string of the molecule is Cc1cc(CCC2CC(C)(O)C2)ncc1-c1ccc2c(c1)N1C3C[C@H](C(=N)C(=O)c4cccc(OC(F)F)c43)C1C2. The van der Waals surface area contributed by atoms with Crippen molar-refractivity contribution in [3.8, 4) is 16.9 Å². The van der Waals surface area contributed by atoms with Gasteiger partial charge in [0.05, 0.1) is 17.4 Å². The summed E-state index contributed by atoms with van der Waals surface area (Å²) >= 11 is 0. The topological polar surface area (TPSA) is 86.5 Å². The summed E-state index contributed by atoms with van der Waals surface area (Å²) in [6.45, 7) is 0.982. The first-order chi connectivity index (χ1) is 19.6. The lowest BCUT2D eigenvalue weighted by atomic mass is 9.70. The maximum atomic E-state index is 13.4. The average molecular weight is 558 g/mol. The zero-order chi connectivity index (χ0) is 28.6. The molecule has 0 radical (unpaired) electrons. The van der Waals surface area contributed by atoms with Crippen LogP contribution in [0.3, 0.4) is 0 Å². The van der Waals surface area contributed by atoms with Crippen LogP contribution in [-0.4, -0.2) is 39.8 Å². The van der Waals surface area contributed by atoms with Crippen LogP contribution in [0.25, 0.3) is 11.1 Å². The molecule has 3 heterocycles. The number of alkyl halides is 2. The van der Waals surface area contributed by atoms with E-state index in [2.05, 4.69) is 36.1 Å². The van der Waals surface area contributed by atoms with E-state index >= 15 is 0 Å². The summed E-state index contributed by atoms with van der Waals surface area (Å²) < 4.78 is 31.7. The van der Waals surface area contributed by atoms with Gasteiger partial charge in [0.15, 0.2) is 0 Å². The van der Waals surface area contributed by atoms with Crippen molar-refractivity contribution < 1.29 is 23.4 Å². The third-order valence-corrected chi connectivity index (χ3v) is 9.65. The minimum atomic E-state index is -3.01. The quantitative estimate of drug-likeness (QED) is 0.363. The van der Waals surface area contributed by atoms with Gasteiger partial charge in [-0.3, -0.25) is 9.78 Å². The predicted molar refractivity (Wildman–Crippen MR) is 152 cm³/mol. The minimum Gasteiger partial charge on any atom is -0.434 e. The standard InChI is InChI=1S/C33H33F2N3O3/c1-17-10-21(9-6-18-14-33(2,40)15-18)37-16-24(17)19-7-8-20-12-26-23-13-27(38(26)25(20)11-19)29-22(31(39)30(23)36)4-3-5-28(29)41-32(34)35/h3-5,7-8,10-11,16,18,23,26-27,32,36,40H,6,9,12-15H2,1-2H3/t18?,23-,26?,27?,33?/m0/s1. The molecule has 2 aliphatic carbocycles. The first-order valence-electron chi connectivity index (χ1n) is 14.4. The van der Waals surface area contributed by atoms with Gasteiger partial charge in [-0.25, -0.2) is 0 Å². The number of Topliss-reactive ketones (excluding diaryl/α,β-unsaturated/α-hetero) is 1. The number of aryl methyl sites for hydroxylation is 2. The number of hydrogen-bond acceptors (Lipinski definition) is 6. The summed E-state index contributed by atoms with van der Waals surface area (Å²) in [5.41, 5.74) is 6.67. The molecule has 3 atom stereocenters. The van der Waals surface area contributed by atoms with E-state index in [1.54, 1.807) is 12.1 Å². The summed E-state index contributed by atoms with van der Waals surface area (Å²) in [6, 6.07) is 12.7. The Kier molecular flexibility index (Phi) is 6.05. The molecule has 6 nitrogen and oxygen atoms in total. The Morgan fingerprint density at radius 1 is 1.20 bits per heavy atom. The molecule has 41 heavy (non-hydrogen) atoms. The fourth-order valence-corrected chi connectivity index (χ4v) is 7.85. The molecular formula is C33H33F2N3O3. The van der Waals surface area contributed by atoms with Crippen LogP contribution >= 0.6 is 0 Å². The number of carbonyl (C=O) groups is 1. The molecule has 2 N–H and O–H groups in total. The lowest BCUT2D eigenvalue weighted by molar-refractivity contribution is -0.0591. The van der Waals surface area contributed by atoms with Gasteiger partial charge in [0.25, 0.3) is 0 Å². The highest BCUT2D eigenvalue weighted by atomic mass is 19.3. The molecule has 1 saturated heterocycles. The minimum absolute atomic E-state index is 0.00991. The Morgan fingerprint density at radius 2 is 2.00 bits per heavy atom. The molecule has 0 amide bonds. The molecule has 3 aromatic rings. The average Bonchev–Trinajstić information content (AvgIpc) is 3.43. The number of rotatable bonds is 6. The van der Waals surface area contributed by atoms with Crippen LogP contribution < -0.4 is 9.64 Å². The van der Waals surface area contributed by atoms with Crippen molar-refractivity contribution in [2.75, 3.05) is 4.90 Å². The van der Waals surface area contributed by atoms with Crippen LogP contribution in [0, 0.1) is 24.2 Å². The van der Waals surface area contributed by atoms with Gasteiger partial charge in [-0.15, -0.1) is 0 Å². The van der Waals surface area contributed by atoms with E-state index in [0.29, 0.717) is 24.3 Å². The second-order valence-corrected chi connectivity index (χ2v) is 12.5. The zero-order valence-electron chi connectivity index (χ0n) is 23.2. The van der Waals surface area contributed by atoms with Crippen molar-refractivity contribution in [2.24, 2.45) is 11.8 Å². The Labute approximate surface area is 237 Å². The monoisotopic (exact) mass is 557 g/mol. The number of aromatic nitrogens is 1. The molecule has 8 heteroatoms. The van der Waals surface area contributed by atoms with Gasteiger partial charge in [-0.05, 0) is 93.2 Å². The van der Waals surface area contributed by atoms with E-state index in [1.165, 1.54) is 6.07 Å². The van der Waals surface area contributed by atoms with Crippen molar-refractivity contribution in [3.05, 3.63) is 76.6 Å². The van der Waals surface area contributed by atoms with Crippen LogP contribution in [0.5, 0.6) is 5.75 Å². The number of carbonyl (C=O) groups excluding carboxylic acids is 1. The summed E-state index contributed by atoms with van der Waals surface area (Å²) in [5, 5.41) is 18.8. The Bertz CT molecular complexity index is 1580. The highest BCUT2D eigenvalue weighted by Crippen LogP contribution is 2.54. The number of fused-ring (bicyclic) bond motifs is 9. The highest BCUT2D eigenvalue weighted by molar-refractivity contribution is 6.46. The first-order valence-corrected chi connectivity index (χ1v) is 14.4. The van der Waals surface area contributed by atoms with Crippen LogP contribution in [0.1, 0.15) is 71.4 Å². The first kappa shape index (κ1) is 26.3. The number of nitrogens with one attached hydrogen (secondary N) is 1. The number of nitrogens with zero attached hydrogens (tertiary/aromatic N) is 2. The van der Waals surface area contributed by atoms with Crippen molar-refractivity contribution in [3.63, 3.8) is 0 Å². The van der Waals surface area contributed by atoms with E-state index in [4.69, 9.17) is 15.1 Å². The lowest BCUT2D eigenvalue weighted by Crippen LogP contribution is -2.40. The van der Waals surface area contributed by atoms with Gasteiger partial charge >= 0.3 is 6.61 Å². The number of aliphatic hydroxyl groups is 1. The van der Waals surface area contributed by atoms with Crippen LogP contribution in [0.15, 0.2) is 48.7 Å². The number of benzene rings is 2. The molecule has 7 rings (SSSR count). The van der Waals surface area contributed by atoms with Crippen molar-refractivity contribution in [1.29, 1.82) is 5.41 Å². The Balaban J connectivity index is 1.21. The third kappa shape index (κ3) is 4.35. The van der Waals surface area contributed by atoms with Crippen molar-refractivity contribution >= 4 is 17.2 Å². The molecular weight excluding hydrogens is 524 g/mol. The van der Waals surface area contributed by atoms with Crippen molar-refractivity contribution in [1.82, 2.24) is 4.98 Å². The molecule has 1 aromatic heterocycles. The maximum absolute atomic E-state index is 13.4. The van der Waals surface area contributed by atoms with Gasteiger partial charge in [0, 0.05) is 46.2 Å². The van der Waals surface area contributed by atoms with Gasteiger partial charge < -0.3 is 20.2 Å². The number of hydrogen-bond donors (Lipinski definition) is 2. The number of anilines is 1. The second kappa shape index (κ2) is 9.44. The summed E-state index contributed by atoms with van der Waals surface area (Å²) in [6.07, 6.45) is 6.76. The van der Waals surface area contributed by atoms with E-state index in [-0.39, 0.29) is 35.0 Å². The fourth-order valence-electron chi connectivity index (χ4n) is 7.85. The Morgan fingerprint density at radius 3 is 2.73 bits per heavy atom. The maximum Gasteiger partial charge on any atom is 0.387 e. The molecule has 2 unspecified atom stereocenters. The van der Waals surface area contributed by atoms with E-state index in [1.807, 2.05) is 13.1 Å². The van der Waals surface area contributed by atoms with Gasteiger partial charge in [-0.2, -0.15) is 8.78 Å². The number of ether oxygens (including phenoxy) is 1. The van der Waals surface area contributed by atoms with Gasteiger partial charge in [-0.1, -0.05) is 24.3 Å². The molecule has 2 aliphatic heterocycles.